The van der Waals surface area contributed by atoms with Crippen LogP contribution in [0.4, 0.5) is 34.1 Å². The summed E-state index contributed by atoms with van der Waals surface area (Å²) in [6, 6.07) is 106. The second kappa shape index (κ2) is 20.1. The number of fused-ring (bicyclic) bond motifs is 7. The summed E-state index contributed by atoms with van der Waals surface area (Å²) < 4.78 is 2.42. The Bertz CT molecular complexity index is 4180. The molecule has 0 saturated heterocycles. The third-order valence-corrected chi connectivity index (χ3v) is 15.7. The highest BCUT2D eigenvalue weighted by atomic mass is 16.1. The summed E-state index contributed by atoms with van der Waals surface area (Å²) in [5, 5.41) is 2.19. The van der Waals surface area contributed by atoms with Gasteiger partial charge in [0.05, 0.1) is 16.4 Å². The van der Waals surface area contributed by atoms with Gasteiger partial charge in [-0.05, 0) is 131 Å². The van der Waals surface area contributed by atoms with Crippen molar-refractivity contribution in [2.75, 3.05) is 9.80 Å². The van der Waals surface area contributed by atoms with E-state index in [1.54, 1.807) is 6.07 Å². The minimum absolute atomic E-state index is 0.180. The Morgan fingerprint density at radius 3 is 1.23 bits per heavy atom. The SMILES string of the molecule is O=C(c1ccccc1)c1cc(C(=O)c2ccccc2)cc(C2(c3cc(N(c4ccccc4)c4ccccc4)cc(N(c4ccccc4)c4ccccc4)c3)c3ccccc3-c3ccc4c5ccccc5n(-c5ccccc5)c4c32)c1. The van der Waals surface area contributed by atoms with Crippen molar-refractivity contribution in [3.8, 4) is 16.8 Å². The summed E-state index contributed by atoms with van der Waals surface area (Å²) in [5.41, 5.74) is 15.4. The molecule has 0 aliphatic heterocycles. The molecule has 1 aliphatic rings. The number of hydrogen-bond donors (Lipinski definition) is 0. The van der Waals surface area contributed by atoms with Gasteiger partial charge in [-0.15, -0.1) is 0 Å². The fourth-order valence-corrected chi connectivity index (χ4v) is 12.3. The van der Waals surface area contributed by atoms with Crippen LogP contribution >= 0.6 is 0 Å². The van der Waals surface area contributed by atoms with Gasteiger partial charge in [-0.1, -0.05) is 206 Å². The van der Waals surface area contributed by atoms with Gasteiger partial charge in [0.25, 0.3) is 0 Å². The van der Waals surface area contributed by atoms with Gasteiger partial charge in [-0.2, -0.15) is 0 Å². The summed E-state index contributed by atoms with van der Waals surface area (Å²) in [4.78, 5) is 35.5. The van der Waals surface area contributed by atoms with Crippen molar-refractivity contribution in [3.05, 3.63) is 354 Å². The molecule has 12 aromatic carbocycles. The summed E-state index contributed by atoms with van der Waals surface area (Å²) >= 11 is 0. The molecule has 13 aromatic rings. The van der Waals surface area contributed by atoms with E-state index < -0.39 is 5.41 Å². The maximum absolute atomic E-state index is 15.4. The zero-order valence-electron chi connectivity index (χ0n) is 43.6. The number of rotatable bonds is 13. The molecule has 0 radical (unpaired) electrons. The van der Waals surface area contributed by atoms with Crippen molar-refractivity contribution in [2.45, 2.75) is 5.41 Å². The average Bonchev–Trinajstić information content (AvgIpc) is 2.79. The molecule has 0 spiro atoms. The number of anilines is 6. The highest BCUT2D eigenvalue weighted by Gasteiger charge is 2.49. The van der Waals surface area contributed by atoms with Crippen LogP contribution in [0.2, 0.25) is 0 Å². The number of aromatic nitrogens is 1. The number of benzene rings is 12. The Kier molecular flexibility index (Phi) is 12.0. The Morgan fingerprint density at radius 1 is 0.312 bits per heavy atom. The second-order valence-electron chi connectivity index (χ2n) is 20.3. The number of hydrogen-bond acceptors (Lipinski definition) is 4. The minimum Gasteiger partial charge on any atom is -0.310 e. The maximum Gasteiger partial charge on any atom is 0.193 e. The molecule has 378 valence electrons. The van der Waals surface area contributed by atoms with Crippen LogP contribution in [-0.4, -0.2) is 16.1 Å². The van der Waals surface area contributed by atoms with Gasteiger partial charge in [0.1, 0.15) is 0 Å². The number of para-hydroxylation sites is 6. The number of nitrogens with zero attached hydrogens (tertiary/aromatic N) is 3. The van der Waals surface area contributed by atoms with Crippen LogP contribution < -0.4 is 9.80 Å². The van der Waals surface area contributed by atoms with Gasteiger partial charge >= 0.3 is 0 Å². The molecule has 5 heteroatoms. The van der Waals surface area contributed by atoms with Gasteiger partial charge in [0.15, 0.2) is 11.6 Å². The van der Waals surface area contributed by atoms with E-state index in [9.17, 15) is 0 Å². The van der Waals surface area contributed by atoms with Crippen LogP contribution in [0.15, 0.2) is 309 Å². The first-order valence-electron chi connectivity index (χ1n) is 27.1. The molecule has 1 unspecified atom stereocenters. The molecule has 1 heterocycles. The van der Waals surface area contributed by atoms with Gasteiger partial charge in [-0.3, -0.25) is 9.59 Å². The molecule has 1 aliphatic carbocycles. The van der Waals surface area contributed by atoms with Crippen LogP contribution in [0.25, 0.3) is 38.6 Å². The third kappa shape index (κ3) is 8.02. The predicted octanol–water partition coefficient (Wildman–Crippen LogP) is 18.5. The molecule has 14 rings (SSSR count). The van der Waals surface area contributed by atoms with E-state index in [4.69, 9.17) is 0 Å². The van der Waals surface area contributed by atoms with Crippen LogP contribution in [0.3, 0.4) is 0 Å². The maximum atomic E-state index is 15.4. The highest BCUT2D eigenvalue weighted by molar-refractivity contribution is 6.16. The molecule has 80 heavy (non-hydrogen) atoms. The van der Waals surface area contributed by atoms with Crippen molar-refractivity contribution < 1.29 is 9.59 Å². The van der Waals surface area contributed by atoms with Crippen molar-refractivity contribution in [2.24, 2.45) is 0 Å². The molecule has 0 N–H and O–H groups in total. The summed E-state index contributed by atoms with van der Waals surface area (Å²) in [7, 11) is 0. The smallest absolute Gasteiger partial charge is 0.193 e. The van der Waals surface area contributed by atoms with Crippen molar-refractivity contribution in [3.63, 3.8) is 0 Å². The van der Waals surface area contributed by atoms with Gasteiger partial charge in [0, 0.05) is 78.4 Å². The number of ketones is 2. The fraction of sp³-hybridized carbons (Fsp3) is 0.0133. The summed E-state index contributed by atoms with van der Waals surface area (Å²) in [6.07, 6.45) is 0. The van der Waals surface area contributed by atoms with E-state index in [0.717, 1.165) is 95.0 Å². The molecule has 0 saturated carbocycles. The lowest BCUT2D eigenvalue weighted by Crippen LogP contribution is -2.31. The number of carbonyl (C=O) groups excluding carboxylic acids is 2. The van der Waals surface area contributed by atoms with Crippen LogP contribution in [-0.2, 0) is 5.41 Å². The molecule has 0 amide bonds. The standard InChI is InChI=1S/C75H51N3O2/c79-73(52-26-8-1-9-27-52)54-46-55(74(80)53-28-10-2-11-29-53)48-56(47-54)75(69-42-24-22-40-65(69)67-44-45-68-66-41-23-25-43-70(66)78(72(68)71(67)75)62-38-20-7-21-39-62)57-49-63(76(58-30-12-3-13-31-58)59-32-14-4-15-33-59)51-64(50-57)77(60-34-16-5-17-35-60)61-36-18-6-19-37-61/h1-51H. The molecule has 0 bridgehead atoms. The van der Waals surface area contributed by atoms with E-state index in [-0.39, 0.29) is 11.6 Å². The third-order valence-electron chi connectivity index (χ3n) is 15.7. The highest BCUT2D eigenvalue weighted by Crippen LogP contribution is 2.61. The fourth-order valence-electron chi connectivity index (χ4n) is 12.3. The van der Waals surface area contributed by atoms with Crippen molar-refractivity contribution in [1.29, 1.82) is 0 Å². The molecular formula is C75H51N3O2. The topological polar surface area (TPSA) is 45.6 Å². The molecular weight excluding hydrogens is 975 g/mol. The second-order valence-corrected chi connectivity index (χ2v) is 20.3. The number of carbonyl (C=O) groups is 2. The monoisotopic (exact) mass is 1030 g/mol. The Balaban J connectivity index is 1.20. The Labute approximate surface area is 465 Å². The van der Waals surface area contributed by atoms with E-state index in [0.29, 0.717) is 22.3 Å². The Morgan fingerprint density at radius 2 is 0.725 bits per heavy atom. The van der Waals surface area contributed by atoms with Crippen LogP contribution in [0, 0.1) is 0 Å². The minimum atomic E-state index is -1.23. The average molecular weight is 1030 g/mol. The normalized spacial score (nSPS) is 13.4. The zero-order valence-corrected chi connectivity index (χ0v) is 43.6. The summed E-state index contributed by atoms with van der Waals surface area (Å²) in [5.74, 6) is -0.359. The van der Waals surface area contributed by atoms with Crippen molar-refractivity contribution >= 4 is 67.5 Å². The first-order chi connectivity index (χ1) is 39.5. The van der Waals surface area contributed by atoms with E-state index in [2.05, 4.69) is 257 Å². The molecule has 0 fully saturated rings. The van der Waals surface area contributed by atoms with Gasteiger partial charge in [0.2, 0.25) is 0 Å². The zero-order chi connectivity index (χ0) is 53.6. The van der Waals surface area contributed by atoms with E-state index in [1.165, 1.54) is 0 Å². The van der Waals surface area contributed by atoms with E-state index in [1.807, 2.05) is 60.7 Å². The first-order valence-corrected chi connectivity index (χ1v) is 27.1. The first kappa shape index (κ1) is 47.8. The quantitative estimate of drug-likeness (QED) is 0.108. The van der Waals surface area contributed by atoms with E-state index >= 15 is 9.59 Å². The van der Waals surface area contributed by atoms with Gasteiger partial charge < -0.3 is 14.4 Å². The lowest BCUT2D eigenvalue weighted by atomic mass is 9.66. The predicted molar refractivity (Wildman–Crippen MR) is 327 cm³/mol. The van der Waals surface area contributed by atoms with Crippen LogP contribution in [0.1, 0.15) is 54.1 Å². The van der Waals surface area contributed by atoms with Crippen LogP contribution in [0.5, 0.6) is 0 Å². The van der Waals surface area contributed by atoms with Crippen molar-refractivity contribution in [1.82, 2.24) is 4.57 Å². The molecule has 1 atom stereocenters. The van der Waals surface area contributed by atoms with Gasteiger partial charge in [-0.25, -0.2) is 0 Å². The lowest BCUT2D eigenvalue weighted by molar-refractivity contribution is 0.103. The lowest BCUT2D eigenvalue weighted by Gasteiger charge is -2.38. The Hall–Kier alpha value is -10.6. The molecule has 1 aromatic heterocycles. The largest absolute Gasteiger partial charge is 0.310 e. The summed E-state index contributed by atoms with van der Waals surface area (Å²) in [6.45, 7) is 0. The molecule has 5 nitrogen and oxygen atoms in total.